The van der Waals surface area contributed by atoms with Crippen LogP contribution in [0, 0.1) is 11.2 Å². The van der Waals surface area contributed by atoms with E-state index in [2.05, 4.69) is 29.3 Å². The highest BCUT2D eigenvalue weighted by Gasteiger charge is 2.33. The Morgan fingerprint density at radius 3 is 2.58 bits per heavy atom. The maximum Gasteiger partial charge on any atom is 0.273 e. The van der Waals surface area contributed by atoms with Crippen LogP contribution < -0.4 is 21.7 Å². The van der Waals surface area contributed by atoms with Gasteiger partial charge >= 0.3 is 0 Å². The number of hydrogen-bond acceptors (Lipinski definition) is 9. The molecule has 2 aromatic heterocycles. The lowest BCUT2D eigenvalue weighted by Gasteiger charge is -2.26. The Labute approximate surface area is 210 Å². The van der Waals surface area contributed by atoms with Crippen LogP contribution in [-0.4, -0.2) is 39.8 Å². The fraction of sp³-hybridized carbons (Fsp3) is 0.375. The van der Waals surface area contributed by atoms with E-state index in [1.165, 1.54) is 35.2 Å². The SMILES string of the molecule is CC(C(N)=O)N(c1ccc(F)cc1)c1nc(N)c(C(=O)c2cc(C(=O)NC3CCC(C)(C)C3)no2)s1. The standard InChI is InChI=1S/C24H27FN6O4S/c1-12(21(27)33)31(15-6-4-13(25)5-7-15)23-29-20(26)19(36-23)18(32)17-10-16(30-35-17)22(34)28-14-8-9-24(2,3)11-14/h4-7,10,12,14H,8-9,11,26H2,1-3H3,(H2,27,33)(H,28,34). The lowest BCUT2D eigenvalue weighted by molar-refractivity contribution is -0.118. The smallest absolute Gasteiger partial charge is 0.273 e. The van der Waals surface area contributed by atoms with Crippen LogP contribution in [0.2, 0.25) is 0 Å². The van der Waals surface area contributed by atoms with E-state index in [1.54, 1.807) is 6.92 Å². The number of rotatable bonds is 8. The number of nitrogens with two attached hydrogens (primary N) is 2. The Morgan fingerprint density at radius 1 is 1.28 bits per heavy atom. The number of amides is 2. The van der Waals surface area contributed by atoms with Gasteiger partial charge in [0.05, 0.1) is 0 Å². The molecule has 1 aliphatic rings. The maximum atomic E-state index is 13.4. The third-order valence-corrected chi connectivity index (χ3v) is 7.30. The molecule has 0 saturated heterocycles. The molecule has 1 aromatic carbocycles. The van der Waals surface area contributed by atoms with Crippen molar-refractivity contribution in [3.8, 4) is 0 Å². The fourth-order valence-corrected chi connectivity index (χ4v) is 5.27. The van der Waals surface area contributed by atoms with Gasteiger partial charge in [0.1, 0.15) is 22.6 Å². The molecule has 2 atom stereocenters. The molecule has 1 saturated carbocycles. The first-order valence-electron chi connectivity index (χ1n) is 11.4. The van der Waals surface area contributed by atoms with Gasteiger partial charge in [0.15, 0.2) is 10.8 Å². The molecule has 2 amide bonds. The van der Waals surface area contributed by atoms with Gasteiger partial charge in [0.25, 0.3) is 5.91 Å². The average Bonchev–Trinajstić information content (AvgIpc) is 3.53. The molecule has 36 heavy (non-hydrogen) atoms. The zero-order valence-corrected chi connectivity index (χ0v) is 20.9. The fourth-order valence-electron chi connectivity index (χ4n) is 4.23. The normalized spacial score (nSPS) is 17.5. The number of nitrogens with zero attached hydrogens (tertiary/aromatic N) is 3. The van der Waals surface area contributed by atoms with E-state index in [-0.39, 0.29) is 38.7 Å². The highest BCUT2D eigenvalue weighted by atomic mass is 32.1. The predicted octanol–water partition coefficient (Wildman–Crippen LogP) is 3.40. The maximum absolute atomic E-state index is 13.4. The van der Waals surface area contributed by atoms with Gasteiger partial charge in [-0.15, -0.1) is 0 Å². The number of aromatic nitrogens is 2. The number of nitrogens with one attached hydrogen (secondary N) is 1. The van der Waals surface area contributed by atoms with E-state index >= 15 is 0 Å². The highest BCUT2D eigenvalue weighted by molar-refractivity contribution is 7.18. The van der Waals surface area contributed by atoms with Crippen molar-refractivity contribution in [3.05, 3.63) is 52.5 Å². The second kappa shape index (κ2) is 9.69. The molecule has 190 valence electrons. The largest absolute Gasteiger partial charge is 0.382 e. The van der Waals surface area contributed by atoms with Crippen LogP contribution in [-0.2, 0) is 4.79 Å². The summed E-state index contributed by atoms with van der Waals surface area (Å²) >= 11 is 0.909. The van der Waals surface area contributed by atoms with Crippen molar-refractivity contribution >= 4 is 45.6 Å². The summed E-state index contributed by atoms with van der Waals surface area (Å²) in [6.07, 6.45) is 2.74. The topological polar surface area (TPSA) is 157 Å². The molecule has 1 aliphatic carbocycles. The second-order valence-corrected chi connectivity index (χ2v) is 10.6. The molecule has 1 fully saturated rings. The Bertz CT molecular complexity index is 1300. The predicted molar refractivity (Wildman–Crippen MR) is 133 cm³/mol. The number of carbonyl (C=O) groups excluding carboxylic acids is 3. The van der Waals surface area contributed by atoms with Crippen LogP contribution in [0.5, 0.6) is 0 Å². The van der Waals surface area contributed by atoms with E-state index in [1.807, 2.05) is 0 Å². The number of ketones is 1. The van der Waals surface area contributed by atoms with Crippen LogP contribution in [0.4, 0.5) is 21.0 Å². The van der Waals surface area contributed by atoms with Gasteiger partial charge < -0.3 is 26.2 Å². The van der Waals surface area contributed by atoms with Gasteiger partial charge in [-0.1, -0.05) is 30.3 Å². The number of primary amides is 1. The molecule has 2 unspecified atom stereocenters. The van der Waals surface area contributed by atoms with Gasteiger partial charge in [-0.25, -0.2) is 9.37 Å². The van der Waals surface area contributed by atoms with Crippen molar-refractivity contribution in [1.82, 2.24) is 15.5 Å². The van der Waals surface area contributed by atoms with Crippen LogP contribution in [0.3, 0.4) is 0 Å². The number of benzene rings is 1. The second-order valence-electron chi connectivity index (χ2n) is 9.62. The summed E-state index contributed by atoms with van der Waals surface area (Å²) in [5, 5.41) is 6.89. The summed E-state index contributed by atoms with van der Waals surface area (Å²) < 4.78 is 18.6. The number of carbonyl (C=O) groups is 3. The number of halogens is 1. The summed E-state index contributed by atoms with van der Waals surface area (Å²) in [6, 6.07) is 5.80. The Hall–Kier alpha value is -3.80. The minimum Gasteiger partial charge on any atom is -0.382 e. The molecule has 0 radical (unpaired) electrons. The van der Waals surface area contributed by atoms with Crippen LogP contribution in [0.1, 0.15) is 66.0 Å². The first kappa shape index (κ1) is 25.3. The minimum absolute atomic E-state index is 0.0124. The quantitative estimate of drug-likeness (QED) is 0.386. The van der Waals surface area contributed by atoms with Crippen molar-refractivity contribution < 1.29 is 23.3 Å². The van der Waals surface area contributed by atoms with E-state index in [0.29, 0.717) is 5.69 Å². The lowest BCUT2D eigenvalue weighted by atomic mass is 9.92. The lowest BCUT2D eigenvalue weighted by Crippen LogP contribution is -2.39. The third kappa shape index (κ3) is 5.23. The van der Waals surface area contributed by atoms with Crippen molar-refractivity contribution in [2.24, 2.45) is 11.1 Å². The first-order chi connectivity index (χ1) is 16.9. The van der Waals surface area contributed by atoms with Gasteiger partial charge in [0.2, 0.25) is 17.5 Å². The monoisotopic (exact) mass is 514 g/mol. The van der Waals surface area contributed by atoms with E-state index in [9.17, 15) is 18.8 Å². The minimum atomic E-state index is -0.870. The first-order valence-corrected chi connectivity index (χ1v) is 12.2. The van der Waals surface area contributed by atoms with E-state index < -0.39 is 29.5 Å². The Kier molecular flexibility index (Phi) is 6.81. The van der Waals surface area contributed by atoms with E-state index in [4.69, 9.17) is 16.0 Å². The average molecular weight is 515 g/mol. The Balaban J connectivity index is 1.56. The molecule has 0 spiro atoms. The van der Waals surface area contributed by atoms with Crippen molar-refractivity contribution in [2.75, 3.05) is 10.6 Å². The number of anilines is 3. The Morgan fingerprint density at radius 2 is 1.97 bits per heavy atom. The summed E-state index contributed by atoms with van der Waals surface area (Å²) in [5.41, 5.74) is 12.1. The molecule has 3 aromatic rings. The molecule has 0 aliphatic heterocycles. The zero-order valence-electron chi connectivity index (χ0n) is 20.1. The molecular weight excluding hydrogens is 487 g/mol. The van der Waals surface area contributed by atoms with Crippen LogP contribution >= 0.6 is 11.3 Å². The molecule has 5 N–H and O–H groups in total. The molecule has 4 rings (SSSR count). The van der Waals surface area contributed by atoms with Crippen molar-refractivity contribution in [3.63, 3.8) is 0 Å². The van der Waals surface area contributed by atoms with E-state index in [0.717, 1.165) is 30.6 Å². The van der Waals surface area contributed by atoms with Crippen LogP contribution in [0.25, 0.3) is 0 Å². The molecule has 10 nitrogen and oxygen atoms in total. The third-order valence-electron chi connectivity index (χ3n) is 6.23. The van der Waals surface area contributed by atoms with Gasteiger partial charge in [-0.3, -0.25) is 14.4 Å². The molecule has 12 heteroatoms. The summed E-state index contributed by atoms with van der Waals surface area (Å²) in [6.45, 7) is 5.86. The van der Waals surface area contributed by atoms with Crippen molar-refractivity contribution in [2.45, 2.75) is 52.1 Å². The van der Waals surface area contributed by atoms with Gasteiger partial charge in [-0.05, 0) is 55.9 Å². The van der Waals surface area contributed by atoms with Crippen LogP contribution in [0.15, 0.2) is 34.9 Å². The zero-order chi connectivity index (χ0) is 26.2. The summed E-state index contributed by atoms with van der Waals surface area (Å²) in [7, 11) is 0. The molecule has 2 heterocycles. The van der Waals surface area contributed by atoms with Gasteiger partial charge in [-0.2, -0.15) is 0 Å². The van der Waals surface area contributed by atoms with Crippen molar-refractivity contribution in [1.29, 1.82) is 0 Å². The highest BCUT2D eigenvalue weighted by Crippen LogP contribution is 2.37. The molecule has 0 bridgehead atoms. The summed E-state index contributed by atoms with van der Waals surface area (Å²) in [4.78, 5) is 43.4. The van der Waals surface area contributed by atoms with Gasteiger partial charge in [0, 0.05) is 17.8 Å². The number of thiazole rings is 1. The number of nitrogen functional groups attached to an aromatic ring is 1. The summed E-state index contributed by atoms with van der Waals surface area (Å²) in [5.74, 6) is -2.42. The number of hydrogen-bond donors (Lipinski definition) is 3. The molecular formula is C24H27FN6O4S.